The van der Waals surface area contributed by atoms with Gasteiger partial charge in [-0.15, -0.1) is 0 Å². The average molecular weight is 433 g/mol. The normalized spacial score (nSPS) is 16.7. The summed E-state index contributed by atoms with van der Waals surface area (Å²) in [6.07, 6.45) is 6.39. The van der Waals surface area contributed by atoms with E-state index in [2.05, 4.69) is 40.3 Å². The Hall–Kier alpha value is -3.33. The van der Waals surface area contributed by atoms with Crippen LogP contribution in [0.15, 0.2) is 36.8 Å². The minimum atomic E-state index is 0.200. The van der Waals surface area contributed by atoms with Gasteiger partial charge in [-0.25, -0.2) is 15.0 Å². The van der Waals surface area contributed by atoms with Crippen LogP contribution >= 0.6 is 0 Å². The smallest absolute Gasteiger partial charge is 0.182 e. The van der Waals surface area contributed by atoms with Crippen LogP contribution in [0.4, 0.5) is 5.82 Å². The van der Waals surface area contributed by atoms with E-state index >= 15 is 0 Å². The molecule has 1 unspecified atom stereocenters. The molecule has 166 valence electrons. The second-order valence-corrected chi connectivity index (χ2v) is 8.02. The highest BCUT2D eigenvalue weighted by Gasteiger charge is 2.27. The average Bonchev–Trinajstić information content (AvgIpc) is 3.44. The molecule has 0 aromatic carbocycles. The molecule has 0 saturated carbocycles. The highest BCUT2D eigenvalue weighted by Crippen LogP contribution is 2.32. The van der Waals surface area contributed by atoms with E-state index in [9.17, 15) is 0 Å². The van der Waals surface area contributed by atoms with E-state index < -0.39 is 0 Å². The lowest BCUT2D eigenvalue weighted by molar-refractivity contribution is 0.0987. The van der Waals surface area contributed by atoms with Crippen molar-refractivity contribution in [2.75, 3.05) is 24.7 Å². The number of morpholine rings is 1. The van der Waals surface area contributed by atoms with Crippen LogP contribution in [-0.4, -0.2) is 60.1 Å². The molecular weight excluding hydrogens is 404 g/mol. The van der Waals surface area contributed by atoms with Gasteiger partial charge in [-0.1, -0.05) is 6.92 Å². The quantitative estimate of drug-likeness (QED) is 0.461. The van der Waals surface area contributed by atoms with Crippen LogP contribution in [-0.2, 0) is 17.8 Å². The number of aryl methyl sites for hydroxylation is 2. The summed E-state index contributed by atoms with van der Waals surface area (Å²) in [6, 6.07) is 6.15. The third kappa shape index (κ3) is 3.52. The number of rotatable bonds is 6. The van der Waals surface area contributed by atoms with Crippen LogP contribution < -0.4 is 4.90 Å². The standard InChI is InChI=1S/C23H28N8O/c1-4-12-31-18(8-11-25-31)20-27-22-19(23(28-20)30-13-14-32-15-16(30)3)26-21(29(22)5-2)17-6-9-24-10-7-17/h6-11,16H,4-5,12-15H2,1-3H3. The Labute approximate surface area is 187 Å². The summed E-state index contributed by atoms with van der Waals surface area (Å²) in [5.74, 6) is 2.40. The monoisotopic (exact) mass is 432 g/mol. The zero-order valence-electron chi connectivity index (χ0n) is 18.8. The maximum absolute atomic E-state index is 5.69. The van der Waals surface area contributed by atoms with Gasteiger partial charge in [-0.05, 0) is 38.5 Å². The van der Waals surface area contributed by atoms with Crippen molar-refractivity contribution >= 4 is 17.0 Å². The fourth-order valence-electron chi connectivity index (χ4n) is 4.28. The number of imidazole rings is 1. The van der Waals surface area contributed by atoms with Crippen molar-refractivity contribution in [3.63, 3.8) is 0 Å². The van der Waals surface area contributed by atoms with Gasteiger partial charge in [0.1, 0.15) is 11.5 Å². The fourth-order valence-corrected chi connectivity index (χ4v) is 4.28. The SMILES string of the molecule is CCCn1nccc1-c1nc(N2CCOCC2C)c2nc(-c3ccncc3)n(CC)c2n1. The molecule has 0 N–H and O–H groups in total. The van der Waals surface area contributed by atoms with Crippen molar-refractivity contribution in [1.82, 2.24) is 34.3 Å². The highest BCUT2D eigenvalue weighted by atomic mass is 16.5. The fraction of sp³-hybridized carbons (Fsp3) is 0.435. The first-order valence-electron chi connectivity index (χ1n) is 11.3. The van der Waals surface area contributed by atoms with Crippen LogP contribution in [0.3, 0.4) is 0 Å². The first kappa shape index (κ1) is 20.6. The van der Waals surface area contributed by atoms with E-state index in [4.69, 9.17) is 19.7 Å². The van der Waals surface area contributed by atoms with E-state index in [0.717, 1.165) is 60.1 Å². The van der Waals surface area contributed by atoms with Gasteiger partial charge in [-0.3, -0.25) is 9.67 Å². The second-order valence-electron chi connectivity index (χ2n) is 8.02. The third-order valence-corrected chi connectivity index (χ3v) is 5.85. The van der Waals surface area contributed by atoms with Gasteiger partial charge >= 0.3 is 0 Å². The van der Waals surface area contributed by atoms with Crippen molar-refractivity contribution in [3.8, 4) is 22.9 Å². The van der Waals surface area contributed by atoms with Gasteiger partial charge in [0.05, 0.1) is 19.3 Å². The third-order valence-electron chi connectivity index (χ3n) is 5.85. The molecule has 32 heavy (non-hydrogen) atoms. The summed E-state index contributed by atoms with van der Waals surface area (Å²) in [6.45, 7) is 10.1. The molecule has 4 aromatic heterocycles. The molecular formula is C23H28N8O. The second kappa shape index (κ2) is 8.66. The number of nitrogens with zero attached hydrogens (tertiary/aromatic N) is 8. The molecule has 0 amide bonds. The lowest BCUT2D eigenvalue weighted by atomic mass is 10.2. The molecule has 5 heterocycles. The largest absolute Gasteiger partial charge is 0.377 e. The Kier molecular flexibility index (Phi) is 5.57. The zero-order valence-corrected chi connectivity index (χ0v) is 18.8. The Morgan fingerprint density at radius 3 is 2.66 bits per heavy atom. The molecule has 1 aliphatic rings. The summed E-state index contributed by atoms with van der Waals surface area (Å²) in [4.78, 5) is 21.6. The number of pyridine rings is 1. The topological polar surface area (TPSA) is 86.8 Å². The Morgan fingerprint density at radius 1 is 1.06 bits per heavy atom. The number of hydrogen-bond acceptors (Lipinski definition) is 7. The van der Waals surface area contributed by atoms with Gasteiger partial charge in [0.25, 0.3) is 0 Å². The van der Waals surface area contributed by atoms with Crippen LogP contribution in [0.25, 0.3) is 34.1 Å². The lowest BCUT2D eigenvalue weighted by Crippen LogP contribution is -2.44. The summed E-state index contributed by atoms with van der Waals surface area (Å²) >= 11 is 0. The van der Waals surface area contributed by atoms with Crippen LogP contribution in [0.1, 0.15) is 27.2 Å². The molecule has 0 radical (unpaired) electrons. The number of anilines is 1. The van der Waals surface area contributed by atoms with Crippen molar-refractivity contribution in [1.29, 1.82) is 0 Å². The first-order chi connectivity index (χ1) is 15.7. The molecule has 0 bridgehead atoms. The molecule has 1 atom stereocenters. The summed E-state index contributed by atoms with van der Waals surface area (Å²) in [5, 5.41) is 4.49. The highest BCUT2D eigenvalue weighted by molar-refractivity contribution is 5.89. The molecule has 1 aliphatic heterocycles. The summed E-state index contributed by atoms with van der Waals surface area (Å²) < 4.78 is 9.82. The van der Waals surface area contributed by atoms with Crippen LogP contribution in [0.2, 0.25) is 0 Å². The maximum Gasteiger partial charge on any atom is 0.182 e. The Balaban J connectivity index is 1.77. The van der Waals surface area contributed by atoms with Gasteiger partial charge in [0.15, 0.2) is 22.8 Å². The summed E-state index contributed by atoms with van der Waals surface area (Å²) in [5.41, 5.74) is 3.59. The summed E-state index contributed by atoms with van der Waals surface area (Å²) in [7, 11) is 0. The number of aromatic nitrogens is 7. The van der Waals surface area contributed by atoms with E-state index in [1.54, 1.807) is 12.4 Å². The van der Waals surface area contributed by atoms with E-state index in [1.807, 2.05) is 29.1 Å². The van der Waals surface area contributed by atoms with E-state index in [0.29, 0.717) is 19.0 Å². The Morgan fingerprint density at radius 2 is 1.91 bits per heavy atom. The van der Waals surface area contributed by atoms with Crippen molar-refractivity contribution in [2.24, 2.45) is 0 Å². The molecule has 0 spiro atoms. The molecule has 1 fully saturated rings. The molecule has 9 heteroatoms. The number of ether oxygens (including phenoxy) is 1. The lowest BCUT2D eigenvalue weighted by Gasteiger charge is -2.34. The maximum atomic E-state index is 5.69. The van der Waals surface area contributed by atoms with Crippen molar-refractivity contribution in [2.45, 2.75) is 46.3 Å². The van der Waals surface area contributed by atoms with Gasteiger partial charge in [0.2, 0.25) is 0 Å². The molecule has 1 saturated heterocycles. The number of fused-ring (bicyclic) bond motifs is 1. The molecule has 9 nitrogen and oxygen atoms in total. The van der Waals surface area contributed by atoms with E-state index in [1.165, 1.54) is 0 Å². The van der Waals surface area contributed by atoms with Gasteiger partial charge < -0.3 is 14.2 Å². The van der Waals surface area contributed by atoms with Crippen molar-refractivity contribution < 1.29 is 4.74 Å². The van der Waals surface area contributed by atoms with Gasteiger partial charge in [0, 0.05) is 43.8 Å². The predicted octanol–water partition coefficient (Wildman–Crippen LogP) is 3.41. The molecule has 5 rings (SSSR count). The van der Waals surface area contributed by atoms with E-state index in [-0.39, 0.29) is 6.04 Å². The minimum Gasteiger partial charge on any atom is -0.377 e. The minimum absolute atomic E-state index is 0.200. The van der Waals surface area contributed by atoms with Crippen LogP contribution in [0, 0.1) is 0 Å². The zero-order chi connectivity index (χ0) is 22.1. The van der Waals surface area contributed by atoms with Crippen LogP contribution in [0.5, 0.6) is 0 Å². The number of hydrogen-bond donors (Lipinski definition) is 0. The van der Waals surface area contributed by atoms with Crippen molar-refractivity contribution in [3.05, 3.63) is 36.8 Å². The van der Waals surface area contributed by atoms with Gasteiger partial charge in [-0.2, -0.15) is 5.10 Å². The predicted molar refractivity (Wildman–Crippen MR) is 123 cm³/mol. The first-order valence-corrected chi connectivity index (χ1v) is 11.3. The Bertz CT molecular complexity index is 1220. The molecule has 4 aromatic rings. The molecule has 0 aliphatic carbocycles.